The van der Waals surface area contributed by atoms with Crippen LogP contribution in [0.5, 0.6) is 0 Å². The first-order chi connectivity index (χ1) is 17.0. The zero-order valence-corrected chi connectivity index (χ0v) is 20.8. The van der Waals surface area contributed by atoms with Gasteiger partial charge in [-0.25, -0.2) is 4.79 Å². The average molecular weight is 497 g/mol. The second kappa shape index (κ2) is 11.6. The summed E-state index contributed by atoms with van der Waals surface area (Å²) in [4.78, 5) is 39.2. The van der Waals surface area contributed by atoms with E-state index in [1.54, 1.807) is 16.7 Å². The van der Waals surface area contributed by atoms with Crippen LogP contribution in [0.3, 0.4) is 0 Å². The van der Waals surface area contributed by atoms with Crippen LogP contribution in [0.25, 0.3) is 11.1 Å². The summed E-state index contributed by atoms with van der Waals surface area (Å²) in [6.45, 7) is 0.688. The number of amides is 2. The lowest BCUT2D eigenvalue weighted by molar-refractivity contribution is -0.142. The van der Waals surface area contributed by atoms with Crippen molar-refractivity contribution in [1.29, 1.82) is 0 Å². The second-order valence-corrected chi connectivity index (χ2v) is 10.1. The molecule has 1 heterocycles. The number of hydrogen-bond donors (Lipinski definition) is 2. The van der Waals surface area contributed by atoms with E-state index in [0.29, 0.717) is 25.1 Å². The summed E-state index contributed by atoms with van der Waals surface area (Å²) in [5.41, 5.74) is 4.56. The zero-order chi connectivity index (χ0) is 24.8. The molecule has 4 rings (SSSR count). The molecule has 2 amide bonds. The number of aliphatic carboxylic acids is 1. The van der Waals surface area contributed by atoms with Gasteiger partial charge in [-0.3, -0.25) is 9.59 Å². The van der Waals surface area contributed by atoms with Crippen molar-refractivity contribution >= 4 is 29.7 Å². The van der Waals surface area contributed by atoms with Crippen LogP contribution in [-0.4, -0.2) is 65.2 Å². The van der Waals surface area contributed by atoms with Crippen LogP contribution in [0.2, 0.25) is 0 Å². The normalized spacial score (nSPS) is 17.9. The van der Waals surface area contributed by atoms with Crippen LogP contribution in [0.15, 0.2) is 48.5 Å². The van der Waals surface area contributed by atoms with Crippen molar-refractivity contribution < 1.29 is 24.2 Å². The Balaban J connectivity index is 1.43. The maximum Gasteiger partial charge on any atom is 0.407 e. The van der Waals surface area contributed by atoms with Crippen molar-refractivity contribution in [3.8, 4) is 11.1 Å². The third-order valence-corrected chi connectivity index (χ3v) is 7.51. The monoisotopic (exact) mass is 496 g/mol. The fourth-order valence-electron chi connectivity index (χ4n) is 5.18. The molecule has 2 N–H and O–H groups in total. The van der Waals surface area contributed by atoms with Gasteiger partial charge in [0.2, 0.25) is 5.91 Å². The van der Waals surface area contributed by atoms with E-state index >= 15 is 0 Å². The highest BCUT2D eigenvalue weighted by Gasteiger charge is 2.34. The van der Waals surface area contributed by atoms with E-state index in [1.165, 1.54) is 0 Å². The van der Waals surface area contributed by atoms with Crippen molar-refractivity contribution in [3.05, 3.63) is 59.7 Å². The number of rotatable bonds is 9. The van der Waals surface area contributed by atoms with E-state index in [-0.39, 0.29) is 30.9 Å². The first kappa shape index (κ1) is 25.1. The Morgan fingerprint density at radius 3 is 2.37 bits per heavy atom. The van der Waals surface area contributed by atoms with Crippen molar-refractivity contribution in [2.75, 3.05) is 25.2 Å². The number of piperidine rings is 1. The molecule has 1 aliphatic heterocycles. The lowest BCUT2D eigenvalue weighted by Crippen LogP contribution is -2.54. The van der Waals surface area contributed by atoms with E-state index in [2.05, 4.69) is 29.6 Å². The lowest BCUT2D eigenvalue weighted by atomic mass is 9.98. The third-order valence-electron chi connectivity index (χ3n) is 6.86. The summed E-state index contributed by atoms with van der Waals surface area (Å²) >= 11 is 1.59. The molecule has 2 aromatic rings. The Morgan fingerprint density at radius 2 is 1.74 bits per heavy atom. The van der Waals surface area contributed by atoms with E-state index in [1.807, 2.05) is 30.5 Å². The Hall–Kier alpha value is -3.00. The number of thioether (sulfide) groups is 1. The SMILES string of the molecule is CSCCC(NC(=O)OCC1c2ccccc2-c2ccccc21)C(=O)N1CCCCC1CC(=O)O. The maximum absolute atomic E-state index is 13.4. The number of nitrogens with one attached hydrogen (secondary N) is 1. The van der Waals surface area contributed by atoms with Gasteiger partial charge in [0.25, 0.3) is 0 Å². The standard InChI is InChI=1S/C27H32N2O5S/c1-35-15-13-24(26(32)29-14-7-6-8-18(29)16-25(30)31)28-27(33)34-17-23-21-11-4-2-9-19(21)20-10-3-5-12-22(20)23/h2-5,9-12,18,23-24H,6-8,13-17H2,1H3,(H,28,33)(H,30,31). The quantitative estimate of drug-likeness (QED) is 0.531. The zero-order valence-electron chi connectivity index (χ0n) is 19.9. The predicted octanol–water partition coefficient (Wildman–Crippen LogP) is 4.50. The number of carboxylic acid groups (broad SMARTS) is 1. The summed E-state index contributed by atoms with van der Waals surface area (Å²) in [5, 5.41) is 12.1. The molecule has 1 saturated heterocycles. The molecule has 0 bridgehead atoms. The van der Waals surface area contributed by atoms with Crippen molar-refractivity contribution in [3.63, 3.8) is 0 Å². The number of benzene rings is 2. The number of fused-ring (bicyclic) bond motifs is 3. The summed E-state index contributed by atoms with van der Waals surface area (Å²) in [6.07, 6.45) is 4.10. The Bertz CT molecular complexity index is 1030. The highest BCUT2D eigenvalue weighted by Crippen LogP contribution is 2.44. The molecule has 0 radical (unpaired) electrons. The summed E-state index contributed by atoms with van der Waals surface area (Å²) in [6, 6.07) is 15.2. The maximum atomic E-state index is 13.4. The molecular weight excluding hydrogens is 464 g/mol. The number of alkyl carbamates (subject to hydrolysis) is 1. The number of hydrogen-bond acceptors (Lipinski definition) is 5. The van der Waals surface area contributed by atoms with Gasteiger partial charge in [-0.2, -0.15) is 11.8 Å². The van der Waals surface area contributed by atoms with Crippen molar-refractivity contribution in [2.24, 2.45) is 0 Å². The molecule has 0 aromatic heterocycles. The van der Waals surface area contributed by atoms with Crippen LogP contribution >= 0.6 is 11.8 Å². The molecule has 8 heteroatoms. The summed E-state index contributed by atoms with van der Waals surface area (Å²) < 4.78 is 5.66. The molecule has 2 aliphatic rings. The fourth-order valence-corrected chi connectivity index (χ4v) is 5.65. The molecule has 186 valence electrons. The van der Waals surface area contributed by atoms with Gasteiger partial charge in [-0.05, 0) is 59.9 Å². The molecule has 1 fully saturated rings. The lowest BCUT2D eigenvalue weighted by Gasteiger charge is -2.37. The largest absolute Gasteiger partial charge is 0.481 e. The van der Waals surface area contributed by atoms with Crippen LogP contribution in [0.4, 0.5) is 4.79 Å². The average Bonchev–Trinajstić information content (AvgIpc) is 3.18. The third kappa shape index (κ3) is 5.81. The number of carboxylic acids is 1. The molecule has 35 heavy (non-hydrogen) atoms. The van der Waals surface area contributed by atoms with E-state index in [0.717, 1.165) is 35.1 Å². The first-order valence-corrected chi connectivity index (χ1v) is 13.5. The number of carbonyl (C=O) groups is 3. The van der Waals surface area contributed by atoms with Gasteiger partial charge >= 0.3 is 12.1 Å². The highest BCUT2D eigenvalue weighted by molar-refractivity contribution is 7.98. The van der Waals surface area contributed by atoms with Crippen LogP contribution in [0, 0.1) is 0 Å². The molecule has 0 saturated carbocycles. The number of nitrogens with zero attached hydrogens (tertiary/aromatic N) is 1. The predicted molar refractivity (Wildman–Crippen MR) is 137 cm³/mol. The van der Waals surface area contributed by atoms with Gasteiger partial charge in [-0.1, -0.05) is 48.5 Å². The fraction of sp³-hybridized carbons (Fsp3) is 0.444. The first-order valence-electron chi connectivity index (χ1n) is 12.1. The Morgan fingerprint density at radius 1 is 1.09 bits per heavy atom. The molecule has 2 aromatic carbocycles. The van der Waals surface area contributed by atoms with Gasteiger partial charge < -0.3 is 20.1 Å². The minimum absolute atomic E-state index is 0.0597. The van der Waals surface area contributed by atoms with Crippen LogP contribution < -0.4 is 5.32 Å². The Labute approximate surface area is 210 Å². The number of ether oxygens (including phenoxy) is 1. The van der Waals surface area contributed by atoms with Gasteiger partial charge in [0, 0.05) is 18.5 Å². The van der Waals surface area contributed by atoms with Crippen molar-refractivity contribution in [1.82, 2.24) is 10.2 Å². The van der Waals surface area contributed by atoms with E-state index in [4.69, 9.17) is 4.74 Å². The minimum Gasteiger partial charge on any atom is -0.481 e. The summed E-state index contributed by atoms with van der Waals surface area (Å²) in [5.74, 6) is -0.508. The number of likely N-dealkylation sites (tertiary alicyclic amines) is 1. The van der Waals surface area contributed by atoms with Gasteiger partial charge in [0.1, 0.15) is 12.6 Å². The number of carbonyl (C=O) groups excluding carboxylic acids is 2. The summed E-state index contributed by atoms with van der Waals surface area (Å²) in [7, 11) is 0. The molecule has 2 unspecified atom stereocenters. The molecule has 2 atom stereocenters. The molecular formula is C27H32N2O5S. The minimum atomic E-state index is -0.917. The van der Waals surface area contributed by atoms with Crippen LogP contribution in [0.1, 0.15) is 49.1 Å². The molecule has 0 spiro atoms. The van der Waals surface area contributed by atoms with Gasteiger partial charge in [-0.15, -0.1) is 0 Å². The second-order valence-electron chi connectivity index (χ2n) is 9.08. The van der Waals surface area contributed by atoms with Crippen molar-refractivity contribution in [2.45, 2.75) is 50.1 Å². The van der Waals surface area contributed by atoms with E-state index in [9.17, 15) is 19.5 Å². The van der Waals surface area contributed by atoms with E-state index < -0.39 is 18.1 Å². The van der Waals surface area contributed by atoms with Crippen LogP contribution in [-0.2, 0) is 14.3 Å². The topological polar surface area (TPSA) is 95.9 Å². The Kier molecular flexibility index (Phi) is 8.33. The smallest absolute Gasteiger partial charge is 0.407 e. The molecule has 7 nitrogen and oxygen atoms in total. The molecule has 1 aliphatic carbocycles. The van der Waals surface area contributed by atoms with Gasteiger partial charge in [0.15, 0.2) is 0 Å². The van der Waals surface area contributed by atoms with Gasteiger partial charge in [0.05, 0.1) is 6.42 Å². The highest BCUT2D eigenvalue weighted by atomic mass is 32.2.